The molecule has 0 aromatic heterocycles. The van der Waals surface area contributed by atoms with E-state index in [9.17, 15) is 36.2 Å². The lowest BCUT2D eigenvalue weighted by Crippen LogP contribution is -2.49. The Balaban J connectivity index is 0.000000629. The van der Waals surface area contributed by atoms with Crippen LogP contribution < -0.4 is 10.1 Å². The molecular formula is C29H35ClF6N2O8. The minimum atomic E-state index is -5.08. The van der Waals surface area contributed by atoms with Crippen LogP contribution >= 0.6 is 11.6 Å². The zero-order chi connectivity index (χ0) is 35.1. The van der Waals surface area contributed by atoms with E-state index >= 15 is 0 Å². The quantitative estimate of drug-likeness (QED) is 0.204. The normalized spacial score (nSPS) is 15.3. The highest BCUT2D eigenvalue weighted by Crippen LogP contribution is 2.22. The molecule has 0 amide bonds. The number of likely N-dealkylation sites (tertiary alicyclic amines) is 1. The third-order valence-electron chi connectivity index (χ3n) is 6.28. The molecule has 46 heavy (non-hydrogen) atoms. The van der Waals surface area contributed by atoms with Gasteiger partial charge >= 0.3 is 30.3 Å². The third-order valence-corrected chi connectivity index (χ3v) is 6.53. The zero-order valence-corrected chi connectivity index (χ0v) is 25.3. The number of rotatable bonds is 11. The van der Waals surface area contributed by atoms with Crippen LogP contribution in [-0.2, 0) is 27.3 Å². The van der Waals surface area contributed by atoms with Crippen molar-refractivity contribution < 1.29 is 65.9 Å². The Kier molecular flexibility index (Phi) is 16.3. The number of carbonyl (C=O) groups is 3. The molecule has 5 N–H and O–H groups in total. The molecule has 1 saturated heterocycles. The number of hydrogen-bond acceptors (Lipinski definition) is 7. The lowest BCUT2D eigenvalue weighted by atomic mass is 10.0. The van der Waals surface area contributed by atoms with Crippen molar-refractivity contribution in [1.29, 1.82) is 0 Å². The summed E-state index contributed by atoms with van der Waals surface area (Å²) in [6.45, 7) is 5.28. The predicted octanol–water partition coefficient (Wildman–Crippen LogP) is 5.01. The minimum Gasteiger partial charge on any atom is -0.490 e. The Morgan fingerprint density at radius 3 is 1.89 bits per heavy atom. The van der Waals surface area contributed by atoms with E-state index in [1.807, 2.05) is 36.4 Å². The van der Waals surface area contributed by atoms with Crippen LogP contribution in [0.2, 0.25) is 5.02 Å². The van der Waals surface area contributed by atoms with Crippen LogP contribution in [0.5, 0.6) is 5.75 Å². The monoisotopic (exact) mass is 688 g/mol. The maximum atomic E-state index is 10.9. The van der Waals surface area contributed by atoms with Crippen LogP contribution in [-0.4, -0.2) is 93.5 Å². The first-order valence-electron chi connectivity index (χ1n) is 13.6. The van der Waals surface area contributed by atoms with E-state index in [4.69, 9.17) is 41.2 Å². The number of aliphatic carboxylic acids is 3. The fourth-order valence-electron chi connectivity index (χ4n) is 3.88. The zero-order valence-electron chi connectivity index (χ0n) is 24.6. The average Bonchev–Trinajstić information content (AvgIpc) is 2.96. The van der Waals surface area contributed by atoms with Gasteiger partial charge in [0.05, 0.1) is 0 Å². The van der Waals surface area contributed by atoms with Crippen LogP contribution in [0.3, 0.4) is 0 Å². The Bertz CT molecular complexity index is 1230. The molecule has 1 aliphatic heterocycles. The van der Waals surface area contributed by atoms with Crippen molar-refractivity contribution >= 4 is 29.5 Å². The number of piperidine rings is 1. The average molecular weight is 689 g/mol. The van der Waals surface area contributed by atoms with Gasteiger partial charge in [-0.05, 0) is 68.6 Å². The van der Waals surface area contributed by atoms with Gasteiger partial charge in [0, 0.05) is 30.6 Å². The van der Waals surface area contributed by atoms with E-state index in [2.05, 4.69) is 22.3 Å². The number of aryl methyl sites for hydroxylation is 1. The van der Waals surface area contributed by atoms with Crippen molar-refractivity contribution in [3.05, 3.63) is 64.7 Å². The summed E-state index contributed by atoms with van der Waals surface area (Å²) in [6.07, 6.45) is -7.65. The third kappa shape index (κ3) is 17.2. The summed E-state index contributed by atoms with van der Waals surface area (Å²) in [5, 5.41) is 38.2. The van der Waals surface area contributed by atoms with Crippen molar-refractivity contribution in [3.63, 3.8) is 0 Å². The van der Waals surface area contributed by atoms with Gasteiger partial charge < -0.3 is 30.5 Å². The Hall–Kier alpha value is -3.60. The number of alkyl halides is 6. The summed E-state index contributed by atoms with van der Waals surface area (Å²) >= 11 is 5.96. The molecule has 1 fully saturated rings. The molecule has 2 aromatic carbocycles. The van der Waals surface area contributed by atoms with Gasteiger partial charge in [-0.3, -0.25) is 9.69 Å². The van der Waals surface area contributed by atoms with Crippen molar-refractivity contribution in [2.75, 3.05) is 26.2 Å². The van der Waals surface area contributed by atoms with Gasteiger partial charge in [-0.25, -0.2) is 9.59 Å². The largest absolute Gasteiger partial charge is 0.490 e. The number of halogens is 7. The van der Waals surface area contributed by atoms with Crippen molar-refractivity contribution in [3.8, 4) is 5.75 Å². The number of aliphatic hydroxyl groups is 1. The highest BCUT2D eigenvalue weighted by atomic mass is 35.5. The van der Waals surface area contributed by atoms with Gasteiger partial charge in [-0.2, -0.15) is 26.3 Å². The summed E-state index contributed by atoms with van der Waals surface area (Å²) in [7, 11) is 0. The summed E-state index contributed by atoms with van der Waals surface area (Å²) in [5.41, 5.74) is 1.08. The molecule has 1 aliphatic rings. The number of benzene rings is 2. The van der Waals surface area contributed by atoms with E-state index < -0.39 is 35.9 Å². The molecule has 1 atom stereocenters. The number of carboxylic acid groups (broad SMARTS) is 3. The van der Waals surface area contributed by atoms with E-state index in [-0.39, 0.29) is 13.0 Å². The van der Waals surface area contributed by atoms with Gasteiger partial charge in [-0.1, -0.05) is 41.9 Å². The maximum Gasteiger partial charge on any atom is 0.490 e. The standard InChI is InChI=1S/C25H33ClN2O4.2C2HF3O2/c1-25(31,18-32-23-5-3-2-4-20(23)8-11-24(29)30)17-27-22-12-14-28(15-13-22)16-19-6-9-21(26)10-7-19;2*3-2(4,5)1(6)7/h2-7,9-10,22,27,31H,8,11-18H2,1H3,(H,29,30);2*(H,6,7)/t25-;;/m0../s1. The molecule has 0 spiro atoms. The van der Waals surface area contributed by atoms with Crippen molar-refractivity contribution in [2.45, 2.75) is 63.1 Å². The SMILES string of the molecule is C[C@](O)(CNC1CCN(Cc2ccc(Cl)cc2)CC1)COc1ccccc1CCC(=O)O.O=C(O)C(F)(F)F.O=C(O)C(F)(F)F. The topological polar surface area (TPSA) is 157 Å². The second-order valence-electron chi connectivity index (χ2n) is 10.5. The highest BCUT2D eigenvalue weighted by Gasteiger charge is 2.39. The predicted molar refractivity (Wildman–Crippen MR) is 154 cm³/mol. The minimum absolute atomic E-state index is 0.0506. The van der Waals surface area contributed by atoms with Gasteiger partial charge in [0.15, 0.2) is 0 Å². The highest BCUT2D eigenvalue weighted by molar-refractivity contribution is 6.30. The second-order valence-corrected chi connectivity index (χ2v) is 10.9. The smallest absolute Gasteiger partial charge is 0.490 e. The van der Waals surface area contributed by atoms with Crippen LogP contribution in [0.1, 0.15) is 37.3 Å². The molecule has 1 heterocycles. The molecule has 3 rings (SSSR count). The van der Waals surface area contributed by atoms with Crippen LogP contribution in [0.25, 0.3) is 0 Å². The first kappa shape index (κ1) is 40.4. The first-order chi connectivity index (χ1) is 21.2. The molecule has 10 nitrogen and oxygen atoms in total. The molecule has 2 aromatic rings. The van der Waals surface area contributed by atoms with Crippen LogP contribution in [0.4, 0.5) is 26.3 Å². The molecule has 0 radical (unpaired) electrons. The molecule has 0 aliphatic carbocycles. The van der Waals surface area contributed by atoms with Crippen LogP contribution in [0.15, 0.2) is 48.5 Å². The van der Waals surface area contributed by atoms with Gasteiger partial charge in [0.25, 0.3) is 0 Å². The number of hydrogen-bond donors (Lipinski definition) is 5. The van der Waals surface area contributed by atoms with Gasteiger partial charge in [0.1, 0.15) is 18.0 Å². The first-order valence-corrected chi connectivity index (χ1v) is 14.0. The van der Waals surface area contributed by atoms with Crippen LogP contribution in [0, 0.1) is 0 Å². The van der Waals surface area contributed by atoms with Crippen molar-refractivity contribution in [1.82, 2.24) is 10.2 Å². The van der Waals surface area contributed by atoms with E-state index in [0.717, 1.165) is 43.1 Å². The summed E-state index contributed by atoms with van der Waals surface area (Å²) in [4.78, 5) is 31.1. The van der Waals surface area contributed by atoms with E-state index in [0.29, 0.717) is 24.8 Å². The Morgan fingerprint density at radius 2 is 1.41 bits per heavy atom. The number of nitrogens with one attached hydrogen (secondary N) is 1. The number of nitrogens with zero attached hydrogens (tertiary/aromatic N) is 1. The van der Waals surface area contributed by atoms with E-state index in [1.54, 1.807) is 6.92 Å². The van der Waals surface area contributed by atoms with Gasteiger partial charge in [-0.15, -0.1) is 0 Å². The number of carboxylic acids is 3. The fraction of sp³-hybridized carbons (Fsp3) is 0.483. The van der Waals surface area contributed by atoms with E-state index in [1.165, 1.54) is 5.56 Å². The Morgan fingerprint density at radius 1 is 0.913 bits per heavy atom. The number of para-hydroxylation sites is 1. The molecule has 258 valence electrons. The second kappa shape index (κ2) is 18.5. The molecular weight excluding hydrogens is 654 g/mol. The summed E-state index contributed by atoms with van der Waals surface area (Å²) < 4.78 is 69.3. The molecule has 0 unspecified atom stereocenters. The fourth-order valence-corrected chi connectivity index (χ4v) is 4.01. The van der Waals surface area contributed by atoms with Gasteiger partial charge in [0.2, 0.25) is 0 Å². The summed E-state index contributed by atoms with van der Waals surface area (Å²) in [5.74, 6) is -5.72. The molecule has 17 heteroatoms. The van der Waals surface area contributed by atoms with Crippen molar-refractivity contribution in [2.24, 2.45) is 0 Å². The molecule has 0 saturated carbocycles. The Labute approximate surface area is 265 Å². The molecule has 0 bridgehead atoms. The number of ether oxygens (including phenoxy) is 1. The maximum absolute atomic E-state index is 10.9. The lowest BCUT2D eigenvalue weighted by Gasteiger charge is -2.34. The lowest BCUT2D eigenvalue weighted by molar-refractivity contribution is -0.193. The summed E-state index contributed by atoms with van der Waals surface area (Å²) in [6, 6.07) is 15.8.